The first kappa shape index (κ1) is 18.6. The molecule has 0 aliphatic heterocycles. The quantitative estimate of drug-likeness (QED) is 0.573. The molecular weight excluding hydrogens is 322 g/mol. The summed E-state index contributed by atoms with van der Waals surface area (Å²) < 4.78 is 124. The number of alkyl halides is 10. The van der Waals surface area contributed by atoms with Crippen molar-refractivity contribution in [2.24, 2.45) is 0 Å². The van der Waals surface area contributed by atoms with E-state index in [4.69, 9.17) is 0 Å². The van der Waals surface area contributed by atoms with Crippen LogP contribution in [0.5, 0.6) is 0 Å². The standard InChI is InChI=1S/C7H4F10O3/c8-4(9,10)1-6(14,15)19-3(18)20-7(16,17)2-5(11,12)13/h1-2H2. The number of hydrogen-bond acceptors (Lipinski definition) is 3. The van der Waals surface area contributed by atoms with Gasteiger partial charge in [0, 0.05) is 0 Å². The molecule has 0 aliphatic rings. The van der Waals surface area contributed by atoms with Crippen LogP contribution in [-0.4, -0.2) is 30.7 Å². The van der Waals surface area contributed by atoms with E-state index in [1.807, 2.05) is 0 Å². The molecule has 0 rings (SSSR count). The summed E-state index contributed by atoms with van der Waals surface area (Å²) in [4.78, 5) is 10.3. The molecule has 0 saturated heterocycles. The Labute approximate surface area is 103 Å². The average Bonchev–Trinajstić information content (AvgIpc) is 1.86. The Morgan fingerprint density at radius 2 is 0.900 bits per heavy atom. The molecule has 0 aromatic carbocycles. The van der Waals surface area contributed by atoms with Crippen molar-refractivity contribution in [3.8, 4) is 0 Å². The number of ether oxygens (including phenoxy) is 2. The van der Waals surface area contributed by atoms with E-state index in [1.165, 1.54) is 0 Å². The Kier molecular flexibility index (Phi) is 5.12. The van der Waals surface area contributed by atoms with Crippen LogP contribution in [-0.2, 0) is 9.47 Å². The molecule has 0 spiro atoms. The maximum Gasteiger partial charge on any atom is 0.517 e. The number of carbonyl (C=O) groups is 1. The lowest BCUT2D eigenvalue weighted by molar-refractivity contribution is -0.303. The van der Waals surface area contributed by atoms with Crippen molar-refractivity contribution in [3.05, 3.63) is 0 Å². The maximum absolute atomic E-state index is 12.4. The second-order valence-electron chi connectivity index (χ2n) is 3.31. The van der Waals surface area contributed by atoms with Crippen LogP contribution in [0.2, 0.25) is 0 Å². The summed E-state index contributed by atoms with van der Waals surface area (Å²) in [6, 6.07) is 0. The second kappa shape index (κ2) is 5.52. The van der Waals surface area contributed by atoms with Crippen molar-refractivity contribution in [2.45, 2.75) is 37.4 Å². The third-order valence-electron chi connectivity index (χ3n) is 1.28. The fourth-order valence-electron chi connectivity index (χ4n) is 0.804. The van der Waals surface area contributed by atoms with Crippen molar-refractivity contribution in [1.82, 2.24) is 0 Å². The number of hydrogen-bond donors (Lipinski definition) is 0. The predicted molar refractivity (Wildman–Crippen MR) is 38.8 cm³/mol. The summed E-state index contributed by atoms with van der Waals surface area (Å²) in [6.07, 6.45) is -30.7. The van der Waals surface area contributed by atoms with Gasteiger partial charge < -0.3 is 9.47 Å². The smallest absolute Gasteiger partial charge is 0.368 e. The molecule has 0 heterocycles. The molecule has 0 atom stereocenters. The molecule has 0 radical (unpaired) electrons. The Hall–Kier alpha value is -1.43. The van der Waals surface area contributed by atoms with Crippen LogP contribution in [0.3, 0.4) is 0 Å². The van der Waals surface area contributed by atoms with Crippen LogP contribution in [0.15, 0.2) is 0 Å². The van der Waals surface area contributed by atoms with Crippen molar-refractivity contribution in [2.75, 3.05) is 0 Å². The molecule has 0 aromatic heterocycles. The lowest BCUT2D eigenvalue weighted by Crippen LogP contribution is -2.36. The summed E-state index contributed by atoms with van der Waals surface area (Å²) in [7, 11) is 0. The molecule has 20 heavy (non-hydrogen) atoms. The highest BCUT2D eigenvalue weighted by molar-refractivity contribution is 5.60. The molecule has 13 heteroatoms. The van der Waals surface area contributed by atoms with Crippen molar-refractivity contribution in [1.29, 1.82) is 0 Å². The van der Waals surface area contributed by atoms with Gasteiger partial charge in [0.2, 0.25) is 0 Å². The number of halogens is 10. The van der Waals surface area contributed by atoms with E-state index in [9.17, 15) is 48.7 Å². The Balaban J connectivity index is 4.56. The normalized spacial score (nSPS) is 14.1. The predicted octanol–water partition coefficient (Wildman–Crippen LogP) is 4.23. The van der Waals surface area contributed by atoms with E-state index in [0.29, 0.717) is 0 Å². The molecule has 0 amide bonds. The van der Waals surface area contributed by atoms with Crippen LogP contribution < -0.4 is 0 Å². The van der Waals surface area contributed by atoms with E-state index < -0.39 is 43.6 Å². The molecular formula is C7H4F10O3. The Bertz CT molecular complexity index is 312. The lowest BCUT2D eigenvalue weighted by atomic mass is 10.4. The zero-order valence-corrected chi connectivity index (χ0v) is 8.92. The highest BCUT2D eigenvalue weighted by Gasteiger charge is 2.51. The summed E-state index contributed by atoms with van der Waals surface area (Å²) >= 11 is 0. The monoisotopic (exact) mass is 326 g/mol. The fourth-order valence-corrected chi connectivity index (χ4v) is 0.804. The first-order valence-electron chi connectivity index (χ1n) is 4.32. The third-order valence-corrected chi connectivity index (χ3v) is 1.28. The van der Waals surface area contributed by atoms with E-state index in [-0.39, 0.29) is 0 Å². The van der Waals surface area contributed by atoms with Gasteiger partial charge in [-0.15, -0.1) is 0 Å². The molecule has 0 unspecified atom stereocenters. The van der Waals surface area contributed by atoms with Gasteiger partial charge in [-0.3, -0.25) is 0 Å². The first-order chi connectivity index (χ1) is 8.52. The summed E-state index contributed by atoms with van der Waals surface area (Å²) in [6.45, 7) is 0. The minimum Gasteiger partial charge on any atom is -0.368 e. The van der Waals surface area contributed by atoms with Gasteiger partial charge in [0.05, 0.1) is 0 Å². The molecule has 0 aliphatic carbocycles. The van der Waals surface area contributed by atoms with Crippen LogP contribution in [0, 0.1) is 0 Å². The topological polar surface area (TPSA) is 35.5 Å². The van der Waals surface area contributed by atoms with Gasteiger partial charge in [-0.1, -0.05) is 0 Å². The van der Waals surface area contributed by atoms with Crippen molar-refractivity contribution in [3.63, 3.8) is 0 Å². The van der Waals surface area contributed by atoms with Crippen LogP contribution in [0.1, 0.15) is 12.8 Å². The summed E-state index contributed by atoms with van der Waals surface area (Å²) in [5.74, 6) is 0. The maximum atomic E-state index is 12.4. The lowest BCUT2D eigenvalue weighted by Gasteiger charge is -2.21. The SMILES string of the molecule is O=C(OC(F)(F)CC(F)(F)F)OC(F)(F)CC(F)(F)F. The van der Waals surface area contributed by atoms with E-state index in [1.54, 1.807) is 0 Å². The Morgan fingerprint density at radius 3 is 1.10 bits per heavy atom. The molecule has 0 N–H and O–H groups in total. The van der Waals surface area contributed by atoms with Gasteiger partial charge in [0.1, 0.15) is 12.8 Å². The van der Waals surface area contributed by atoms with Crippen molar-refractivity contribution >= 4 is 6.16 Å². The molecule has 0 aromatic rings. The first-order valence-corrected chi connectivity index (χ1v) is 4.32. The average molecular weight is 326 g/mol. The highest BCUT2D eigenvalue weighted by Crippen LogP contribution is 2.35. The third kappa shape index (κ3) is 9.49. The van der Waals surface area contributed by atoms with Gasteiger partial charge in [-0.05, 0) is 0 Å². The molecule has 120 valence electrons. The largest absolute Gasteiger partial charge is 0.517 e. The zero-order chi connectivity index (χ0) is 16.4. The molecule has 3 nitrogen and oxygen atoms in total. The zero-order valence-electron chi connectivity index (χ0n) is 8.92. The second-order valence-corrected chi connectivity index (χ2v) is 3.31. The number of carbonyl (C=O) groups excluding carboxylic acids is 1. The summed E-state index contributed by atoms with van der Waals surface area (Å²) in [5.41, 5.74) is 0. The fraction of sp³-hybridized carbons (Fsp3) is 0.857. The van der Waals surface area contributed by atoms with Gasteiger partial charge >= 0.3 is 30.7 Å². The highest BCUT2D eigenvalue weighted by atomic mass is 19.4. The molecule has 0 saturated carbocycles. The van der Waals surface area contributed by atoms with Crippen LogP contribution in [0.4, 0.5) is 48.7 Å². The van der Waals surface area contributed by atoms with Gasteiger partial charge in [0.15, 0.2) is 0 Å². The van der Waals surface area contributed by atoms with Crippen LogP contribution in [0.25, 0.3) is 0 Å². The van der Waals surface area contributed by atoms with Gasteiger partial charge in [-0.25, -0.2) is 4.79 Å². The Morgan fingerprint density at radius 1 is 0.650 bits per heavy atom. The van der Waals surface area contributed by atoms with Crippen LogP contribution >= 0.6 is 0 Å². The molecule has 0 fully saturated rings. The summed E-state index contributed by atoms with van der Waals surface area (Å²) in [5, 5.41) is 0. The van der Waals surface area contributed by atoms with Gasteiger partial charge in [-0.2, -0.15) is 43.9 Å². The van der Waals surface area contributed by atoms with E-state index in [0.717, 1.165) is 0 Å². The van der Waals surface area contributed by atoms with E-state index in [2.05, 4.69) is 9.47 Å². The van der Waals surface area contributed by atoms with E-state index >= 15 is 0 Å². The van der Waals surface area contributed by atoms with Gasteiger partial charge in [0.25, 0.3) is 0 Å². The minimum absolute atomic E-state index is 2.60. The minimum atomic E-state index is -5.52. The van der Waals surface area contributed by atoms with Crippen molar-refractivity contribution < 1.29 is 58.2 Å². The molecule has 0 bridgehead atoms. The number of rotatable bonds is 4.